The van der Waals surface area contributed by atoms with Gasteiger partial charge in [-0.15, -0.1) is 22.0 Å². The minimum Gasteiger partial charge on any atom is -0.509 e. The van der Waals surface area contributed by atoms with Crippen molar-refractivity contribution in [3.63, 3.8) is 0 Å². The fraction of sp³-hybridized carbons (Fsp3) is 0.167. The Hall–Kier alpha value is -2.91. The molecule has 0 aliphatic heterocycles. The van der Waals surface area contributed by atoms with Crippen molar-refractivity contribution in [3.05, 3.63) is 75.1 Å². The Bertz CT molecular complexity index is 916. The number of para-hydroxylation sites is 1. The molecule has 0 aromatic heterocycles. The molecule has 28 heavy (non-hydrogen) atoms. The van der Waals surface area contributed by atoms with Gasteiger partial charge in [-0.1, -0.05) is 23.7 Å². The molecule has 0 heterocycles. The van der Waals surface area contributed by atoms with Crippen LogP contribution in [0.15, 0.2) is 75.1 Å². The first-order chi connectivity index (χ1) is 13.4. The number of carbonyl (C=O) groups excluding carboxylic acids is 1. The zero-order chi connectivity index (χ0) is 20.5. The van der Waals surface area contributed by atoms with Crippen molar-refractivity contribution in [3.8, 4) is 0 Å². The molecule has 1 N–H and O–H groups in total. The number of thioether (sulfide) groups is 1. The number of azo groups is 1. The van der Waals surface area contributed by atoms with Crippen LogP contribution in [0.3, 0.4) is 0 Å². The zero-order valence-corrected chi connectivity index (χ0v) is 16.3. The number of ether oxygens (including phenoxy) is 1. The standard InChI is InChI=1S/C18H16ClN3O5S/c1-2-27-18(24)17(16(23)11-28-13-9-7-12(19)8-10-13)21-20-14-5-3-4-6-15(14)22(25)26/h3-10,23H,2,11H2,1H3. The van der Waals surface area contributed by atoms with Crippen molar-refractivity contribution in [2.45, 2.75) is 11.8 Å². The van der Waals surface area contributed by atoms with Crippen LogP contribution in [-0.2, 0) is 9.53 Å². The monoisotopic (exact) mass is 421 g/mol. The molecule has 0 spiro atoms. The van der Waals surface area contributed by atoms with Gasteiger partial charge in [-0.3, -0.25) is 10.1 Å². The number of benzene rings is 2. The predicted octanol–water partition coefficient (Wildman–Crippen LogP) is 5.46. The lowest BCUT2D eigenvalue weighted by Gasteiger charge is -2.06. The summed E-state index contributed by atoms with van der Waals surface area (Å²) in [5.41, 5.74) is -0.738. The molecule has 0 amide bonds. The number of hydrogen-bond donors (Lipinski definition) is 1. The van der Waals surface area contributed by atoms with E-state index >= 15 is 0 Å². The number of rotatable bonds is 8. The third-order valence-electron chi connectivity index (χ3n) is 3.27. The number of esters is 1. The van der Waals surface area contributed by atoms with E-state index in [2.05, 4.69) is 10.2 Å². The second-order valence-corrected chi connectivity index (χ2v) is 6.69. The van der Waals surface area contributed by atoms with E-state index < -0.39 is 16.6 Å². The fourth-order valence-electron chi connectivity index (χ4n) is 1.97. The molecule has 0 unspecified atom stereocenters. The van der Waals surface area contributed by atoms with Gasteiger partial charge in [-0.2, -0.15) is 0 Å². The number of nitro benzene ring substituents is 1. The van der Waals surface area contributed by atoms with Gasteiger partial charge < -0.3 is 9.84 Å². The lowest BCUT2D eigenvalue weighted by Crippen LogP contribution is -2.09. The van der Waals surface area contributed by atoms with Crippen molar-refractivity contribution < 1.29 is 19.6 Å². The van der Waals surface area contributed by atoms with Crippen LogP contribution in [0.5, 0.6) is 0 Å². The molecule has 0 radical (unpaired) electrons. The summed E-state index contributed by atoms with van der Waals surface area (Å²) in [6.07, 6.45) is 0. The zero-order valence-electron chi connectivity index (χ0n) is 14.7. The van der Waals surface area contributed by atoms with Gasteiger partial charge in [0.25, 0.3) is 5.69 Å². The second kappa shape index (κ2) is 10.4. The lowest BCUT2D eigenvalue weighted by molar-refractivity contribution is -0.384. The first kappa shape index (κ1) is 21.4. The van der Waals surface area contributed by atoms with E-state index in [1.165, 1.54) is 30.0 Å². The highest BCUT2D eigenvalue weighted by Crippen LogP contribution is 2.28. The number of aliphatic hydroxyl groups is 1. The summed E-state index contributed by atoms with van der Waals surface area (Å²) in [6.45, 7) is 1.68. The van der Waals surface area contributed by atoms with Crippen molar-refractivity contribution in [2.24, 2.45) is 10.2 Å². The largest absolute Gasteiger partial charge is 0.509 e. The van der Waals surface area contributed by atoms with Crippen LogP contribution in [-0.4, -0.2) is 28.4 Å². The van der Waals surface area contributed by atoms with Crippen LogP contribution < -0.4 is 0 Å². The molecule has 0 fully saturated rings. The lowest BCUT2D eigenvalue weighted by atomic mass is 10.3. The number of nitrogens with zero attached hydrogens (tertiary/aromatic N) is 3. The summed E-state index contributed by atoms with van der Waals surface area (Å²) in [7, 11) is 0. The van der Waals surface area contributed by atoms with Crippen molar-refractivity contribution in [2.75, 3.05) is 12.4 Å². The Morgan fingerprint density at radius 3 is 2.57 bits per heavy atom. The van der Waals surface area contributed by atoms with Gasteiger partial charge >= 0.3 is 5.97 Å². The molecule has 2 aromatic carbocycles. The van der Waals surface area contributed by atoms with E-state index in [9.17, 15) is 20.0 Å². The molecule has 0 saturated heterocycles. The van der Waals surface area contributed by atoms with Crippen molar-refractivity contribution in [1.82, 2.24) is 0 Å². The van der Waals surface area contributed by atoms with E-state index in [4.69, 9.17) is 16.3 Å². The smallest absolute Gasteiger partial charge is 0.362 e. The normalized spacial score (nSPS) is 11.9. The Balaban J connectivity index is 2.27. The average Bonchev–Trinajstić information content (AvgIpc) is 2.68. The van der Waals surface area contributed by atoms with Crippen molar-refractivity contribution >= 4 is 40.7 Å². The fourth-order valence-corrected chi connectivity index (χ4v) is 2.87. The van der Waals surface area contributed by atoms with Crippen LogP contribution in [0.4, 0.5) is 11.4 Å². The first-order valence-electron chi connectivity index (χ1n) is 8.05. The SMILES string of the molecule is CCOC(=O)C(N=Nc1ccccc1[N+](=O)[O-])=C(O)CSc1ccc(Cl)cc1. The van der Waals surface area contributed by atoms with Crippen molar-refractivity contribution in [1.29, 1.82) is 0 Å². The topological polar surface area (TPSA) is 114 Å². The number of aliphatic hydroxyl groups excluding tert-OH is 1. The molecular weight excluding hydrogens is 406 g/mol. The number of nitro groups is 1. The molecule has 8 nitrogen and oxygen atoms in total. The summed E-state index contributed by atoms with van der Waals surface area (Å²) in [4.78, 5) is 23.4. The van der Waals surface area contributed by atoms with Crippen LogP contribution in [0, 0.1) is 10.1 Å². The Kier molecular flexibility index (Phi) is 7.97. The van der Waals surface area contributed by atoms with E-state index in [0.29, 0.717) is 5.02 Å². The minimum absolute atomic E-state index is 0.0195. The highest BCUT2D eigenvalue weighted by atomic mass is 35.5. The summed E-state index contributed by atoms with van der Waals surface area (Å²) >= 11 is 7.08. The third-order valence-corrected chi connectivity index (χ3v) is 4.54. The Morgan fingerprint density at radius 2 is 1.93 bits per heavy atom. The maximum absolute atomic E-state index is 12.1. The molecule has 2 aromatic rings. The van der Waals surface area contributed by atoms with E-state index in [-0.39, 0.29) is 29.5 Å². The maximum Gasteiger partial charge on any atom is 0.362 e. The van der Waals surface area contributed by atoms with Gasteiger partial charge in [0.1, 0.15) is 5.76 Å². The minimum atomic E-state index is -0.876. The average molecular weight is 422 g/mol. The molecule has 146 valence electrons. The van der Waals surface area contributed by atoms with Gasteiger partial charge in [-0.05, 0) is 37.3 Å². The molecular formula is C18H16ClN3O5S. The van der Waals surface area contributed by atoms with E-state index in [1.54, 1.807) is 37.3 Å². The summed E-state index contributed by atoms with van der Waals surface area (Å²) < 4.78 is 4.89. The third kappa shape index (κ3) is 6.07. The highest BCUT2D eigenvalue weighted by molar-refractivity contribution is 7.99. The Labute approximate surface area is 170 Å². The van der Waals surface area contributed by atoms with Gasteiger partial charge in [-0.25, -0.2) is 4.79 Å². The van der Waals surface area contributed by atoms with E-state index in [1.807, 2.05) is 0 Å². The molecule has 0 bridgehead atoms. The van der Waals surface area contributed by atoms with Crippen LogP contribution in [0.25, 0.3) is 0 Å². The molecule has 0 aliphatic rings. The van der Waals surface area contributed by atoms with Crippen LogP contribution >= 0.6 is 23.4 Å². The highest BCUT2D eigenvalue weighted by Gasteiger charge is 2.18. The molecule has 0 aliphatic carbocycles. The van der Waals surface area contributed by atoms with Gasteiger partial charge in [0.2, 0.25) is 5.70 Å². The van der Waals surface area contributed by atoms with Gasteiger partial charge in [0.15, 0.2) is 5.69 Å². The number of hydrogen-bond acceptors (Lipinski definition) is 8. The molecule has 0 saturated carbocycles. The molecule has 0 atom stereocenters. The van der Waals surface area contributed by atoms with Gasteiger partial charge in [0.05, 0.1) is 17.3 Å². The van der Waals surface area contributed by atoms with Crippen LogP contribution in [0.1, 0.15) is 6.92 Å². The molecule has 10 heteroatoms. The molecule has 2 rings (SSSR count). The first-order valence-corrected chi connectivity index (χ1v) is 9.41. The Morgan fingerprint density at radius 1 is 1.25 bits per heavy atom. The number of carbonyl (C=O) groups is 1. The second-order valence-electron chi connectivity index (χ2n) is 5.20. The maximum atomic E-state index is 12.1. The summed E-state index contributed by atoms with van der Waals surface area (Å²) in [6, 6.07) is 12.6. The van der Waals surface area contributed by atoms with Crippen LogP contribution in [0.2, 0.25) is 5.02 Å². The van der Waals surface area contributed by atoms with E-state index in [0.717, 1.165) is 4.90 Å². The summed E-state index contributed by atoms with van der Waals surface area (Å²) in [5.74, 6) is -1.22. The summed E-state index contributed by atoms with van der Waals surface area (Å²) in [5, 5.41) is 29.4. The van der Waals surface area contributed by atoms with Gasteiger partial charge in [0, 0.05) is 16.0 Å². The quantitative estimate of drug-likeness (QED) is 0.115. The predicted molar refractivity (Wildman–Crippen MR) is 106 cm³/mol. The number of halogens is 1.